The summed E-state index contributed by atoms with van der Waals surface area (Å²) in [5.74, 6) is 0.998. The number of hydrogen-bond donors (Lipinski definition) is 2. The Morgan fingerprint density at radius 1 is 1.13 bits per heavy atom. The highest BCUT2D eigenvalue weighted by Gasteiger charge is 2.08. The lowest BCUT2D eigenvalue weighted by Crippen LogP contribution is -2.26. The number of aromatic nitrogens is 2. The number of nitrogens with one attached hydrogen (secondary N) is 2. The van der Waals surface area contributed by atoms with E-state index in [-0.39, 0.29) is 5.91 Å². The first-order valence-electron chi connectivity index (χ1n) is 7.92. The molecule has 0 atom stereocenters. The van der Waals surface area contributed by atoms with Gasteiger partial charge in [0.1, 0.15) is 0 Å². The molecule has 0 saturated heterocycles. The van der Waals surface area contributed by atoms with E-state index in [1.807, 2.05) is 19.1 Å². The van der Waals surface area contributed by atoms with Crippen LogP contribution >= 0.6 is 0 Å². The fraction of sp³-hybridized carbons (Fsp3) is 0.389. The Morgan fingerprint density at radius 3 is 2.52 bits per heavy atom. The molecule has 5 nitrogen and oxygen atoms in total. The summed E-state index contributed by atoms with van der Waals surface area (Å²) in [5.41, 5.74) is 3.67. The zero-order valence-electron chi connectivity index (χ0n) is 14.2. The maximum absolute atomic E-state index is 12.0. The van der Waals surface area contributed by atoms with E-state index in [1.54, 1.807) is 12.1 Å². The van der Waals surface area contributed by atoms with Crippen LogP contribution in [0, 0.1) is 19.8 Å². The standard InChI is InChI=1S/C18H24N4O/c1-12(2)9-10-19-18(23)16-7-8-17(22-21-16)20-15-6-5-13(3)11-14(15)4/h5-8,11-12H,9-10H2,1-4H3,(H,19,23)(H,20,22). The SMILES string of the molecule is Cc1ccc(Nc2ccc(C(=O)NCCC(C)C)nn2)c(C)c1. The zero-order chi connectivity index (χ0) is 16.8. The number of benzene rings is 1. The van der Waals surface area contributed by atoms with Crippen LogP contribution in [0.5, 0.6) is 0 Å². The highest BCUT2D eigenvalue weighted by molar-refractivity contribution is 5.92. The van der Waals surface area contributed by atoms with Crippen LogP contribution in [-0.2, 0) is 0 Å². The Balaban J connectivity index is 1.97. The second-order valence-electron chi connectivity index (χ2n) is 6.19. The van der Waals surface area contributed by atoms with Gasteiger partial charge in [0.15, 0.2) is 11.5 Å². The Kier molecular flexibility index (Phi) is 5.68. The van der Waals surface area contributed by atoms with E-state index in [9.17, 15) is 4.79 Å². The quantitative estimate of drug-likeness (QED) is 0.855. The van der Waals surface area contributed by atoms with Gasteiger partial charge < -0.3 is 10.6 Å². The van der Waals surface area contributed by atoms with Crippen LogP contribution in [0.3, 0.4) is 0 Å². The van der Waals surface area contributed by atoms with Gasteiger partial charge in [0.2, 0.25) is 0 Å². The molecule has 122 valence electrons. The average Bonchev–Trinajstić information content (AvgIpc) is 2.50. The topological polar surface area (TPSA) is 66.9 Å². The van der Waals surface area contributed by atoms with E-state index in [0.29, 0.717) is 24.0 Å². The molecule has 0 saturated carbocycles. The van der Waals surface area contributed by atoms with Gasteiger partial charge in [0.25, 0.3) is 5.91 Å². The van der Waals surface area contributed by atoms with Crippen molar-refractivity contribution in [1.29, 1.82) is 0 Å². The summed E-state index contributed by atoms with van der Waals surface area (Å²) in [6.45, 7) is 9.00. The van der Waals surface area contributed by atoms with E-state index in [1.165, 1.54) is 5.56 Å². The lowest BCUT2D eigenvalue weighted by molar-refractivity contribution is 0.0946. The lowest BCUT2D eigenvalue weighted by Gasteiger charge is -2.10. The number of carbonyl (C=O) groups is 1. The van der Waals surface area contributed by atoms with Crippen LogP contribution in [0.2, 0.25) is 0 Å². The molecule has 0 bridgehead atoms. The van der Waals surface area contributed by atoms with Crippen molar-refractivity contribution in [1.82, 2.24) is 15.5 Å². The minimum Gasteiger partial charge on any atom is -0.351 e. The van der Waals surface area contributed by atoms with Gasteiger partial charge in [-0.15, -0.1) is 10.2 Å². The number of rotatable bonds is 6. The molecule has 0 unspecified atom stereocenters. The van der Waals surface area contributed by atoms with Crippen molar-refractivity contribution in [2.24, 2.45) is 5.92 Å². The van der Waals surface area contributed by atoms with Gasteiger partial charge in [0, 0.05) is 12.2 Å². The fourth-order valence-electron chi connectivity index (χ4n) is 2.18. The minimum atomic E-state index is -0.184. The molecule has 5 heteroatoms. The van der Waals surface area contributed by atoms with Crippen LogP contribution in [0.4, 0.5) is 11.5 Å². The summed E-state index contributed by atoms with van der Waals surface area (Å²) in [5, 5.41) is 14.1. The van der Waals surface area contributed by atoms with Gasteiger partial charge in [-0.25, -0.2) is 0 Å². The molecule has 1 aromatic carbocycles. The second kappa shape index (κ2) is 7.72. The molecule has 2 N–H and O–H groups in total. The molecule has 1 amide bonds. The third-order valence-corrected chi connectivity index (χ3v) is 3.55. The smallest absolute Gasteiger partial charge is 0.271 e. The van der Waals surface area contributed by atoms with E-state index >= 15 is 0 Å². The highest BCUT2D eigenvalue weighted by Crippen LogP contribution is 2.19. The Bertz CT molecular complexity index is 665. The van der Waals surface area contributed by atoms with Crippen LogP contribution < -0.4 is 10.6 Å². The van der Waals surface area contributed by atoms with Gasteiger partial charge in [-0.1, -0.05) is 31.5 Å². The number of hydrogen-bond acceptors (Lipinski definition) is 4. The number of anilines is 2. The van der Waals surface area contributed by atoms with Crippen LogP contribution in [-0.4, -0.2) is 22.6 Å². The van der Waals surface area contributed by atoms with Crippen molar-refractivity contribution in [2.45, 2.75) is 34.1 Å². The molecule has 0 spiro atoms. The maximum Gasteiger partial charge on any atom is 0.271 e. The third-order valence-electron chi connectivity index (χ3n) is 3.55. The molecule has 0 radical (unpaired) electrons. The van der Waals surface area contributed by atoms with Gasteiger partial charge in [-0.2, -0.15) is 0 Å². The number of aryl methyl sites for hydroxylation is 2. The molecule has 0 aliphatic rings. The molecule has 0 fully saturated rings. The molecule has 1 aromatic heterocycles. The average molecular weight is 312 g/mol. The van der Waals surface area contributed by atoms with E-state index in [0.717, 1.165) is 17.7 Å². The molecule has 23 heavy (non-hydrogen) atoms. The van der Waals surface area contributed by atoms with Gasteiger partial charge >= 0.3 is 0 Å². The van der Waals surface area contributed by atoms with Crippen molar-refractivity contribution >= 4 is 17.4 Å². The molecule has 2 rings (SSSR count). The van der Waals surface area contributed by atoms with Gasteiger partial charge in [-0.05, 0) is 49.9 Å². The molecule has 2 aromatic rings. The molecule has 0 aliphatic heterocycles. The lowest BCUT2D eigenvalue weighted by atomic mass is 10.1. The third kappa shape index (κ3) is 5.06. The maximum atomic E-state index is 12.0. The van der Waals surface area contributed by atoms with Crippen molar-refractivity contribution in [3.8, 4) is 0 Å². The van der Waals surface area contributed by atoms with Crippen molar-refractivity contribution in [3.63, 3.8) is 0 Å². The molecule has 0 aliphatic carbocycles. The second-order valence-corrected chi connectivity index (χ2v) is 6.19. The predicted molar refractivity (Wildman–Crippen MR) is 93.0 cm³/mol. The summed E-state index contributed by atoms with van der Waals surface area (Å²) in [6.07, 6.45) is 0.950. The molecular weight excluding hydrogens is 288 g/mol. The monoisotopic (exact) mass is 312 g/mol. The Labute approximate surface area is 137 Å². The van der Waals surface area contributed by atoms with Crippen molar-refractivity contribution < 1.29 is 4.79 Å². The Morgan fingerprint density at radius 2 is 1.91 bits per heavy atom. The summed E-state index contributed by atoms with van der Waals surface area (Å²) in [4.78, 5) is 12.0. The highest BCUT2D eigenvalue weighted by atomic mass is 16.1. The summed E-state index contributed by atoms with van der Waals surface area (Å²) in [7, 11) is 0. The Hall–Kier alpha value is -2.43. The summed E-state index contributed by atoms with van der Waals surface area (Å²) in [6, 6.07) is 9.61. The summed E-state index contributed by atoms with van der Waals surface area (Å²) >= 11 is 0. The largest absolute Gasteiger partial charge is 0.351 e. The first-order chi connectivity index (χ1) is 11.0. The molecular formula is C18H24N4O. The van der Waals surface area contributed by atoms with Gasteiger partial charge in [-0.3, -0.25) is 4.79 Å². The van der Waals surface area contributed by atoms with Crippen molar-refractivity contribution in [2.75, 3.05) is 11.9 Å². The van der Waals surface area contributed by atoms with E-state index in [4.69, 9.17) is 0 Å². The minimum absolute atomic E-state index is 0.184. The fourth-order valence-corrected chi connectivity index (χ4v) is 2.18. The first kappa shape index (κ1) is 16.9. The van der Waals surface area contributed by atoms with Crippen LogP contribution in [0.15, 0.2) is 30.3 Å². The van der Waals surface area contributed by atoms with Crippen LogP contribution in [0.1, 0.15) is 41.9 Å². The summed E-state index contributed by atoms with van der Waals surface area (Å²) < 4.78 is 0. The normalized spacial score (nSPS) is 10.7. The zero-order valence-corrected chi connectivity index (χ0v) is 14.2. The van der Waals surface area contributed by atoms with Crippen LogP contribution in [0.25, 0.3) is 0 Å². The van der Waals surface area contributed by atoms with E-state index in [2.05, 4.69) is 47.7 Å². The van der Waals surface area contributed by atoms with Gasteiger partial charge in [0.05, 0.1) is 0 Å². The van der Waals surface area contributed by atoms with Crippen molar-refractivity contribution in [3.05, 3.63) is 47.2 Å². The predicted octanol–water partition coefficient (Wildman–Crippen LogP) is 3.61. The number of nitrogens with zero attached hydrogens (tertiary/aromatic N) is 2. The van der Waals surface area contributed by atoms with E-state index < -0.39 is 0 Å². The number of amides is 1. The number of carbonyl (C=O) groups excluding carboxylic acids is 1. The first-order valence-corrected chi connectivity index (χ1v) is 7.92. The molecule has 1 heterocycles.